The number of rotatable bonds is 5. The lowest BCUT2D eigenvalue weighted by Gasteiger charge is -2.18. The highest BCUT2D eigenvalue weighted by Gasteiger charge is 2.41. The summed E-state index contributed by atoms with van der Waals surface area (Å²) in [6.45, 7) is 1.26. The molecule has 3 aromatic rings. The molecule has 3 aromatic carbocycles. The number of sulfonamides is 1. The molecular weight excluding hydrogens is 400 g/mol. The molecule has 1 aliphatic heterocycles. The van der Waals surface area contributed by atoms with E-state index in [1.807, 2.05) is 61.5 Å². The summed E-state index contributed by atoms with van der Waals surface area (Å²) in [6.07, 6.45) is 0. The van der Waals surface area contributed by atoms with Gasteiger partial charge in [-0.25, -0.2) is 12.7 Å². The van der Waals surface area contributed by atoms with Crippen LogP contribution in [0.4, 0.5) is 0 Å². The lowest BCUT2D eigenvalue weighted by atomic mass is 10.0. The molecule has 1 heterocycles. The second-order valence-electron chi connectivity index (χ2n) is 7.09. The molecule has 7 heteroatoms. The van der Waals surface area contributed by atoms with Crippen LogP contribution >= 0.6 is 0 Å². The van der Waals surface area contributed by atoms with Crippen LogP contribution in [0.3, 0.4) is 0 Å². The molecule has 6 nitrogen and oxygen atoms in total. The molecular formula is C23H20N2O4S. The van der Waals surface area contributed by atoms with Crippen LogP contribution in [0.15, 0.2) is 83.8 Å². The van der Waals surface area contributed by atoms with Gasteiger partial charge in [0.05, 0.1) is 11.6 Å². The molecule has 0 bridgehead atoms. The lowest BCUT2D eigenvalue weighted by Crippen LogP contribution is -2.41. The average Bonchev–Trinajstić information content (AvgIpc) is 2.95. The Morgan fingerprint density at radius 3 is 2.17 bits per heavy atom. The van der Waals surface area contributed by atoms with E-state index in [0.29, 0.717) is 4.31 Å². The van der Waals surface area contributed by atoms with E-state index in [0.717, 1.165) is 16.7 Å². The Kier molecular flexibility index (Phi) is 5.13. The van der Waals surface area contributed by atoms with Crippen LogP contribution in [0, 0.1) is 0 Å². The van der Waals surface area contributed by atoms with Crippen LogP contribution in [0.1, 0.15) is 28.9 Å². The van der Waals surface area contributed by atoms with Gasteiger partial charge in [-0.2, -0.15) is 0 Å². The van der Waals surface area contributed by atoms with Crippen LogP contribution in [0.2, 0.25) is 0 Å². The van der Waals surface area contributed by atoms with Crippen LogP contribution in [-0.4, -0.2) is 31.1 Å². The van der Waals surface area contributed by atoms with E-state index in [-0.39, 0.29) is 16.5 Å². The SMILES string of the molecule is C[C@@H](NC(=O)CN1C(=O)c2ccccc2S1(=O)=O)c1ccc(-c2ccccc2)cc1. The number of hydrogen-bond donors (Lipinski definition) is 1. The van der Waals surface area contributed by atoms with Gasteiger partial charge < -0.3 is 5.32 Å². The minimum absolute atomic E-state index is 0.0626. The van der Waals surface area contributed by atoms with Crippen LogP contribution in [0.5, 0.6) is 0 Å². The molecule has 0 aliphatic carbocycles. The molecule has 4 rings (SSSR count). The number of nitrogens with zero attached hydrogens (tertiary/aromatic N) is 1. The third-order valence-corrected chi connectivity index (χ3v) is 6.88. The number of nitrogens with one attached hydrogen (secondary N) is 1. The van der Waals surface area contributed by atoms with Gasteiger partial charge in [0.25, 0.3) is 15.9 Å². The van der Waals surface area contributed by atoms with Crippen molar-refractivity contribution in [3.05, 3.63) is 90.0 Å². The minimum atomic E-state index is -4.00. The first-order valence-electron chi connectivity index (χ1n) is 9.49. The summed E-state index contributed by atoms with van der Waals surface area (Å²) in [5.41, 5.74) is 3.12. The minimum Gasteiger partial charge on any atom is -0.348 e. The largest absolute Gasteiger partial charge is 0.348 e. The van der Waals surface area contributed by atoms with Crippen molar-refractivity contribution in [3.63, 3.8) is 0 Å². The fourth-order valence-corrected chi connectivity index (χ4v) is 5.01. The summed E-state index contributed by atoms with van der Waals surface area (Å²) < 4.78 is 25.8. The standard InChI is InChI=1S/C23H20N2O4S/c1-16(17-11-13-19(14-12-17)18-7-3-2-4-8-18)24-22(26)15-25-23(27)20-9-5-6-10-21(20)30(25,28)29/h2-14,16H,15H2,1H3,(H,24,26)/t16-/m1/s1. The lowest BCUT2D eigenvalue weighted by molar-refractivity contribution is -0.121. The molecule has 1 N–H and O–H groups in total. The van der Waals surface area contributed by atoms with Gasteiger partial charge in [0, 0.05) is 0 Å². The van der Waals surface area contributed by atoms with E-state index in [9.17, 15) is 18.0 Å². The van der Waals surface area contributed by atoms with E-state index in [1.165, 1.54) is 12.1 Å². The Bertz CT molecular complexity index is 1210. The maximum absolute atomic E-state index is 12.6. The third-order valence-electron chi connectivity index (χ3n) is 5.09. The molecule has 0 unspecified atom stereocenters. The van der Waals surface area contributed by atoms with E-state index >= 15 is 0 Å². The van der Waals surface area contributed by atoms with Crippen molar-refractivity contribution in [2.75, 3.05) is 6.54 Å². The summed E-state index contributed by atoms with van der Waals surface area (Å²) in [5, 5.41) is 2.77. The number of carbonyl (C=O) groups excluding carboxylic acids is 2. The zero-order chi connectivity index (χ0) is 21.3. The number of hydrogen-bond acceptors (Lipinski definition) is 4. The summed E-state index contributed by atoms with van der Waals surface area (Å²) in [4.78, 5) is 24.9. The molecule has 0 saturated heterocycles. The van der Waals surface area contributed by atoms with E-state index < -0.39 is 28.4 Å². The molecule has 2 amide bonds. The third kappa shape index (κ3) is 3.59. The van der Waals surface area contributed by atoms with Crippen LogP contribution in [-0.2, 0) is 14.8 Å². The maximum Gasteiger partial charge on any atom is 0.269 e. The van der Waals surface area contributed by atoms with Gasteiger partial charge in [-0.1, -0.05) is 66.7 Å². The topological polar surface area (TPSA) is 83.6 Å². The normalized spacial score (nSPS) is 15.5. The quantitative estimate of drug-likeness (QED) is 0.686. The van der Waals surface area contributed by atoms with Crippen LogP contribution < -0.4 is 5.32 Å². The van der Waals surface area contributed by atoms with Gasteiger partial charge in [0.2, 0.25) is 5.91 Å². The van der Waals surface area contributed by atoms with Gasteiger partial charge in [0.1, 0.15) is 11.4 Å². The number of amides is 2. The molecule has 1 aliphatic rings. The Labute approximate surface area is 175 Å². The van der Waals surface area contributed by atoms with Gasteiger partial charge in [0.15, 0.2) is 0 Å². The predicted molar refractivity (Wildman–Crippen MR) is 113 cm³/mol. The highest BCUT2D eigenvalue weighted by Crippen LogP contribution is 2.29. The summed E-state index contributed by atoms with van der Waals surface area (Å²) >= 11 is 0. The Morgan fingerprint density at radius 2 is 1.50 bits per heavy atom. The molecule has 0 saturated carbocycles. The van der Waals surface area contributed by atoms with Crippen molar-refractivity contribution >= 4 is 21.8 Å². The van der Waals surface area contributed by atoms with Crippen molar-refractivity contribution in [1.29, 1.82) is 0 Å². The average molecular weight is 420 g/mol. The van der Waals surface area contributed by atoms with Crippen LogP contribution in [0.25, 0.3) is 11.1 Å². The first-order chi connectivity index (χ1) is 14.4. The highest BCUT2D eigenvalue weighted by molar-refractivity contribution is 7.90. The zero-order valence-electron chi connectivity index (χ0n) is 16.3. The number of carbonyl (C=O) groups is 2. The summed E-state index contributed by atoms with van der Waals surface area (Å²) in [5.74, 6) is -1.22. The molecule has 152 valence electrons. The van der Waals surface area contributed by atoms with Crippen molar-refractivity contribution in [3.8, 4) is 11.1 Å². The van der Waals surface area contributed by atoms with Gasteiger partial charge in [-0.3, -0.25) is 9.59 Å². The van der Waals surface area contributed by atoms with Crippen molar-refractivity contribution in [1.82, 2.24) is 9.62 Å². The first kappa shape index (κ1) is 19.8. The van der Waals surface area contributed by atoms with Gasteiger partial charge in [-0.15, -0.1) is 0 Å². The molecule has 0 spiro atoms. The molecule has 1 atom stereocenters. The van der Waals surface area contributed by atoms with Gasteiger partial charge in [-0.05, 0) is 35.7 Å². The van der Waals surface area contributed by atoms with E-state index in [1.54, 1.807) is 12.1 Å². The summed E-state index contributed by atoms with van der Waals surface area (Å²) in [7, 11) is -4.00. The molecule has 0 aromatic heterocycles. The van der Waals surface area contributed by atoms with Crippen molar-refractivity contribution in [2.24, 2.45) is 0 Å². The molecule has 0 radical (unpaired) electrons. The Morgan fingerprint density at radius 1 is 0.900 bits per heavy atom. The zero-order valence-corrected chi connectivity index (χ0v) is 17.1. The van der Waals surface area contributed by atoms with E-state index in [4.69, 9.17) is 0 Å². The Balaban J connectivity index is 1.44. The fourth-order valence-electron chi connectivity index (χ4n) is 3.48. The number of benzene rings is 3. The van der Waals surface area contributed by atoms with E-state index in [2.05, 4.69) is 5.32 Å². The first-order valence-corrected chi connectivity index (χ1v) is 10.9. The predicted octanol–water partition coefficient (Wildman–Crippen LogP) is 3.38. The Hall–Kier alpha value is -3.45. The monoisotopic (exact) mass is 420 g/mol. The smallest absolute Gasteiger partial charge is 0.269 e. The van der Waals surface area contributed by atoms with Crippen molar-refractivity contribution < 1.29 is 18.0 Å². The molecule has 0 fully saturated rings. The fraction of sp³-hybridized carbons (Fsp3) is 0.130. The second kappa shape index (κ2) is 7.76. The summed E-state index contributed by atoms with van der Waals surface area (Å²) in [6, 6.07) is 23.3. The second-order valence-corrected chi connectivity index (χ2v) is 8.92. The van der Waals surface area contributed by atoms with Crippen molar-refractivity contribution in [2.45, 2.75) is 17.9 Å². The van der Waals surface area contributed by atoms with Gasteiger partial charge >= 0.3 is 0 Å². The number of fused-ring (bicyclic) bond motifs is 1. The molecule has 30 heavy (non-hydrogen) atoms. The highest BCUT2D eigenvalue weighted by atomic mass is 32.2. The maximum atomic E-state index is 12.6.